The fourth-order valence-corrected chi connectivity index (χ4v) is 3.17. The van der Waals surface area contributed by atoms with Crippen molar-refractivity contribution in [1.82, 2.24) is 4.90 Å². The van der Waals surface area contributed by atoms with Crippen LogP contribution in [-0.2, 0) is 16.0 Å². The lowest BCUT2D eigenvalue weighted by molar-refractivity contribution is -0.136. The van der Waals surface area contributed by atoms with Gasteiger partial charge in [0.05, 0.1) is 6.42 Å². The number of nitrogens with one attached hydrogen (secondary N) is 1. The molecule has 1 unspecified atom stereocenters. The predicted molar refractivity (Wildman–Crippen MR) is 96.4 cm³/mol. The topological polar surface area (TPSA) is 69.6 Å². The van der Waals surface area contributed by atoms with Crippen LogP contribution in [0.4, 0.5) is 5.69 Å². The lowest BCUT2D eigenvalue weighted by atomic mass is 10.1. The molecular weight excluding hydrogens is 316 g/mol. The molecule has 2 amide bonds. The van der Waals surface area contributed by atoms with Crippen molar-refractivity contribution >= 4 is 17.5 Å². The average Bonchev–Trinajstić information content (AvgIpc) is 3.09. The molecule has 1 heterocycles. The number of aromatic hydroxyl groups is 1. The zero-order chi connectivity index (χ0) is 17.8. The summed E-state index contributed by atoms with van der Waals surface area (Å²) in [5.74, 6) is -0.00623. The SMILES string of the molecule is Cc1cc(NC(=O)C2CCCN2C(=O)Cc2ccccc2)ccc1O. The van der Waals surface area contributed by atoms with E-state index in [2.05, 4.69) is 5.32 Å². The van der Waals surface area contributed by atoms with E-state index in [1.165, 1.54) is 0 Å². The summed E-state index contributed by atoms with van der Waals surface area (Å²) in [7, 11) is 0. The molecule has 2 aromatic rings. The number of rotatable bonds is 4. The molecule has 130 valence electrons. The van der Waals surface area contributed by atoms with Gasteiger partial charge >= 0.3 is 0 Å². The van der Waals surface area contributed by atoms with Crippen molar-refractivity contribution in [2.45, 2.75) is 32.2 Å². The maximum absolute atomic E-state index is 12.6. The van der Waals surface area contributed by atoms with Crippen LogP contribution in [0, 0.1) is 6.92 Å². The Hall–Kier alpha value is -2.82. The summed E-state index contributed by atoms with van der Waals surface area (Å²) in [4.78, 5) is 26.9. The Morgan fingerprint density at radius 2 is 1.96 bits per heavy atom. The monoisotopic (exact) mass is 338 g/mol. The first-order valence-corrected chi connectivity index (χ1v) is 8.48. The molecule has 1 saturated heterocycles. The zero-order valence-electron chi connectivity index (χ0n) is 14.2. The van der Waals surface area contributed by atoms with Gasteiger partial charge in [-0.15, -0.1) is 0 Å². The summed E-state index contributed by atoms with van der Waals surface area (Å²) in [5, 5.41) is 12.4. The fourth-order valence-electron chi connectivity index (χ4n) is 3.17. The minimum absolute atomic E-state index is 0.0225. The number of hydrogen-bond donors (Lipinski definition) is 2. The van der Waals surface area contributed by atoms with Gasteiger partial charge in [0.15, 0.2) is 0 Å². The first-order chi connectivity index (χ1) is 12.0. The maximum atomic E-state index is 12.6. The van der Waals surface area contributed by atoms with Crippen molar-refractivity contribution < 1.29 is 14.7 Å². The number of aryl methyl sites for hydroxylation is 1. The molecule has 5 nitrogen and oxygen atoms in total. The number of carbonyl (C=O) groups excluding carboxylic acids is 2. The van der Waals surface area contributed by atoms with Gasteiger partial charge in [0.2, 0.25) is 11.8 Å². The Bertz CT molecular complexity index is 774. The van der Waals surface area contributed by atoms with E-state index in [9.17, 15) is 14.7 Å². The van der Waals surface area contributed by atoms with Crippen LogP contribution in [-0.4, -0.2) is 34.4 Å². The molecule has 0 saturated carbocycles. The number of phenolic OH excluding ortho intramolecular Hbond substituents is 1. The number of carbonyl (C=O) groups is 2. The summed E-state index contributed by atoms with van der Waals surface area (Å²) in [6, 6.07) is 14.1. The first-order valence-electron chi connectivity index (χ1n) is 8.48. The molecule has 3 rings (SSSR count). The molecule has 1 aliphatic heterocycles. The van der Waals surface area contributed by atoms with Crippen LogP contribution in [0.25, 0.3) is 0 Å². The van der Waals surface area contributed by atoms with Gasteiger partial charge < -0.3 is 15.3 Å². The molecule has 0 spiro atoms. The lowest BCUT2D eigenvalue weighted by Gasteiger charge is -2.24. The summed E-state index contributed by atoms with van der Waals surface area (Å²) in [6.45, 7) is 2.38. The Morgan fingerprint density at radius 3 is 2.68 bits per heavy atom. The van der Waals surface area contributed by atoms with Crippen LogP contribution in [0.2, 0.25) is 0 Å². The van der Waals surface area contributed by atoms with E-state index in [1.54, 1.807) is 30.0 Å². The second-order valence-electron chi connectivity index (χ2n) is 6.40. The third-order valence-electron chi connectivity index (χ3n) is 4.54. The number of nitrogens with zero attached hydrogens (tertiary/aromatic N) is 1. The highest BCUT2D eigenvalue weighted by atomic mass is 16.3. The van der Waals surface area contributed by atoms with Gasteiger partial charge in [0.1, 0.15) is 11.8 Å². The van der Waals surface area contributed by atoms with Crippen molar-refractivity contribution in [3.63, 3.8) is 0 Å². The van der Waals surface area contributed by atoms with Gasteiger partial charge in [-0.2, -0.15) is 0 Å². The number of phenols is 1. The summed E-state index contributed by atoms with van der Waals surface area (Å²) in [6.07, 6.45) is 1.81. The van der Waals surface area contributed by atoms with Crippen LogP contribution in [0.15, 0.2) is 48.5 Å². The zero-order valence-corrected chi connectivity index (χ0v) is 14.2. The highest BCUT2D eigenvalue weighted by Crippen LogP contribution is 2.23. The standard InChI is InChI=1S/C20H22N2O3/c1-14-12-16(9-10-18(14)23)21-20(25)17-8-5-11-22(17)19(24)13-15-6-3-2-4-7-15/h2-4,6-7,9-10,12,17,23H,5,8,11,13H2,1H3,(H,21,25). The lowest BCUT2D eigenvalue weighted by Crippen LogP contribution is -2.43. The Labute approximate surface area is 147 Å². The Morgan fingerprint density at radius 1 is 1.20 bits per heavy atom. The van der Waals surface area contributed by atoms with Crippen LogP contribution in [0.3, 0.4) is 0 Å². The van der Waals surface area contributed by atoms with Gasteiger partial charge in [-0.3, -0.25) is 9.59 Å². The molecule has 0 aliphatic carbocycles. The number of hydrogen-bond acceptors (Lipinski definition) is 3. The van der Waals surface area contributed by atoms with Gasteiger partial charge in [-0.1, -0.05) is 30.3 Å². The maximum Gasteiger partial charge on any atom is 0.247 e. The number of anilines is 1. The Kier molecular flexibility index (Phi) is 5.03. The predicted octanol–water partition coefficient (Wildman–Crippen LogP) is 2.87. The highest BCUT2D eigenvalue weighted by molar-refractivity contribution is 5.97. The van der Waals surface area contributed by atoms with E-state index in [0.717, 1.165) is 12.0 Å². The Balaban J connectivity index is 1.66. The number of amides is 2. The first kappa shape index (κ1) is 17.0. The molecule has 25 heavy (non-hydrogen) atoms. The number of benzene rings is 2. The molecule has 1 atom stereocenters. The van der Waals surface area contributed by atoms with Gasteiger partial charge in [-0.05, 0) is 49.1 Å². The molecule has 2 N–H and O–H groups in total. The van der Waals surface area contributed by atoms with Crippen molar-refractivity contribution in [2.24, 2.45) is 0 Å². The molecule has 0 aromatic heterocycles. The molecule has 0 bridgehead atoms. The van der Waals surface area contributed by atoms with Gasteiger partial charge in [0, 0.05) is 12.2 Å². The molecular formula is C20H22N2O3. The summed E-state index contributed by atoms with van der Waals surface area (Å²) in [5.41, 5.74) is 2.27. The van der Waals surface area contributed by atoms with Gasteiger partial charge in [-0.25, -0.2) is 0 Å². The minimum Gasteiger partial charge on any atom is -0.508 e. The van der Waals surface area contributed by atoms with Crippen LogP contribution in [0.5, 0.6) is 5.75 Å². The van der Waals surface area contributed by atoms with E-state index < -0.39 is 6.04 Å². The van der Waals surface area contributed by atoms with Crippen LogP contribution in [0.1, 0.15) is 24.0 Å². The van der Waals surface area contributed by atoms with E-state index in [-0.39, 0.29) is 17.6 Å². The number of likely N-dealkylation sites (tertiary alicyclic amines) is 1. The van der Waals surface area contributed by atoms with E-state index in [1.807, 2.05) is 30.3 Å². The van der Waals surface area contributed by atoms with Crippen LogP contribution >= 0.6 is 0 Å². The normalized spacial score (nSPS) is 16.7. The molecule has 5 heteroatoms. The van der Waals surface area contributed by atoms with E-state index in [4.69, 9.17) is 0 Å². The van der Waals surface area contributed by atoms with E-state index in [0.29, 0.717) is 30.6 Å². The van der Waals surface area contributed by atoms with Crippen molar-refractivity contribution in [1.29, 1.82) is 0 Å². The summed E-state index contributed by atoms with van der Waals surface area (Å²) >= 11 is 0. The third-order valence-corrected chi connectivity index (χ3v) is 4.54. The van der Waals surface area contributed by atoms with Crippen molar-refractivity contribution in [2.75, 3.05) is 11.9 Å². The largest absolute Gasteiger partial charge is 0.508 e. The average molecular weight is 338 g/mol. The molecule has 1 fully saturated rings. The second-order valence-corrected chi connectivity index (χ2v) is 6.40. The molecule has 2 aromatic carbocycles. The fraction of sp³-hybridized carbons (Fsp3) is 0.300. The van der Waals surface area contributed by atoms with Crippen molar-refractivity contribution in [3.8, 4) is 5.75 Å². The molecule has 1 aliphatic rings. The van der Waals surface area contributed by atoms with Crippen molar-refractivity contribution in [3.05, 3.63) is 59.7 Å². The quantitative estimate of drug-likeness (QED) is 0.842. The second kappa shape index (κ2) is 7.38. The highest BCUT2D eigenvalue weighted by Gasteiger charge is 2.33. The van der Waals surface area contributed by atoms with Gasteiger partial charge in [0.25, 0.3) is 0 Å². The van der Waals surface area contributed by atoms with Crippen LogP contribution < -0.4 is 5.32 Å². The van der Waals surface area contributed by atoms with E-state index >= 15 is 0 Å². The summed E-state index contributed by atoms with van der Waals surface area (Å²) < 4.78 is 0. The smallest absolute Gasteiger partial charge is 0.247 e. The molecule has 0 radical (unpaired) electrons. The third kappa shape index (κ3) is 3.99. The minimum atomic E-state index is -0.440.